The fourth-order valence-electron chi connectivity index (χ4n) is 1.39. The Morgan fingerprint density at radius 3 is 2.52 bits per heavy atom. The molecule has 2 rings (SSSR count). The number of aromatic hydroxyl groups is 1. The predicted octanol–water partition coefficient (Wildman–Crippen LogP) is 1.07. The number of carboxylic acid groups (broad SMARTS) is 1. The number of phenolic OH excluding ortho intramolecular Hbond substituents is 1. The zero-order valence-corrected chi connectivity index (χ0v) is 12.2. The van der Waals surface area contributed by atoms with Gasteiger partial charge >= 0.3 is 5.97 Å². The number of rotatable bonds is 4. The first-order valence-electron chi connectivity index (χ1n) is 6.28. The van der Waals surface area contributed by atoms with Crippen LogP contribution in [0.15, 0.2) is 42.9 Å². The zero-order chi connectivity index (χ0) is 17.2. The standard InChI is InChI=1S/C10H10O4.C5H5N3O/c1-14-9-6-7(2-4-8(9)11)3-5-10(12)13;6-5(9)4-3-7-1-2-8-4/h2-6,11H,1H3,(H,12,13);1-3H,(H2,6,9)/b5-3+;. The Labute approximate surface area is 131 Å². The lowest BCUT2D eigenvalue weighted by Gasteiger charge is -2.03. The van der Waals surface area contributed by atoms with Gasteiger partial charge in [0.1, 0.15) is 5.69 Å². The lowest BCUT2D eigenvalue weighted by atomic mass is 10.2. The molecule has 0 spiro atoms. The molecule has 0 saturated carbocycles. The molecular formula is C15H15N3O5. The molecule has 0 bridgehead atoms. The monoisotopic (exact) mass is 317 g/mol. The highest BCUT2D eigenvalue weighted by Crippen LogP contribution is 2.26. The number of nitrogens with two attached hydrogens (primary N) is 1. The molecule has 4 N–H and O–H groups in total. The van der Waals surface area contributed by atoms with Gasteiger partial charge in [0.2, 0.25) is 0 Å². The Morgan fingerprint density at radius 2 is 2.04 bits per heavy atom. The van der Waals surface area contributed by atoms with Gasteiger partial charge in [-0.1, -0.05) is 6.07 Å². The molecule has 0 saturated heterocycles. The summed E-state index contributed by atoms with van der Waals surface area (Å²) in [5.41, 5.74) is 5.72. The molecule has 2 aromatic rings. The normalized spacial score (nSPS) is 9.78. The summed E-state index contributed by atoms with van der Waals surface area (Å²) in [5, 5.41) is 17.6. The molecule has 8 nitrogen and oxygen atoms in total. The number of hydrogen-bond donors (Lipinski definition) is 3. The van der Waals surface area contributed by atoms with E-state index in [2.05, 4.69) is 9.97 Å². The fraction of sp³-hybridized carbons (Fsp3) is 0.0667. The topological polar surface area (TPSA) is 136 Å². The van der Waals surface area contributed by atoms with Crippen molar-refractivity contribution < 1.29 is 24.5 Å². The summed E-state index contributed by atoms with van der Waals surface area (Å²) in [5.74, 6) is -1.22. The van der Waals surface area contributed by atoms with Crippen LogP contribution in [0.2, 0.25) is 0 Å². The zero-order valence-electron chi connectivity index (χ0n) is 12.2. The maximum absolute atomic E-state index is 10.3. The number of aliphatic carboxylic acids is 1. The number of carbonyl (C=O) groups excluding carboxylic acids is 1. The average Bonchev–Trinajstić information content (AvgIpc) is 2.55. The van der Waals surface area contributed by atoms with Crippen molar-refractivity contribution in [2.75, 3.05) is 7.11 Å². The van der Waals surface area contributed by atoms with Crippen molar-refractivity contribution in [1.29, 1.82) is 0 Å². The summed E-state index contributed by atoms with van der Waals surface area (Å²) in [6.45, 7) is 0. The van der Waals surface area contributed by atoms with Crippen LogP contribution >= 0.6 is 0 Å². The van der Waals surface area contributed by atoms with E-state index in [1.807, 2.05) is 0 Å². The third-order valence-corrected chi connectivity index (χ3v) is 2.44. The number of aromatic nitrogens is 2. The molecule has 0 atom stereocenters. The second-order valence-corrected chi connectivity index (χ2v) is 4.06. The van der Waals surface area contributed by atoms with Gasteiger partial charge < -0.3 is 20.7 Å². The molecule has 23 heavy (non-hydrogen) atoms. The van der Waals surface area contributed by atoms with E-state index in [4.69, 9.17) is 15.6 Å². The number of carboxylic acids is 1. The van der Waals surface area contributed by atoms with Crippen molar-refractivity contribution in [2.45, 2.75) is 0 Å². The summed E-state index contributed by atoms with van der Waals surface area (Å²) >= 11 is 0. The highest BCUT2D eigenvalue weighted by atomic mass is 16.5. The van der Waals surface area contributed by atoms with E-state index in [9.17, 15) is 14.7 Å². The lowest BCUT2D eigenvalue weighted by molar-refractivity contribution is -0.131. The molecule has 0 radical (unpaired) electrons. The Bertz CT molecular complexity index is 702. The highest BCUT2D eigenvalue weighted by Gasteiger charge is 2.00. The van der Waals surface area contributed by atoms with Crippen molar-refractivity contribution >= 4 is 18.0 Å². The molecule has 1 heterocycles. The van der Waals surface area contributed by atoms with Gasteiger partial charge in [0.25, 0.3) is 5.91 Å². The average molecular weight is 317 g/mol. The Kier molecular flexibility index (Phi) is 6.73. The van der Waals surface area contributed by atoms with Gasteiger partial charge in [-0.15, -0.1) is 0 Å². The van der Waals surface area contributed by atoms with Crippen LogP contribution in [0.1, 0.15) is 16.1 Å². The van der Waals surface area contributed by atoms with Crippen LogP contribution in [0.5, 0.6) is 11.5 Å². The van der Waals surface area contributed by atoms with Crippen LogP contribution in [-0.2, 0) is 4.79 Å². The number of primary amides is 1. The molecule has 8 heteroatoms. The van der Waals surface area contributed by atoms with Crippen molar-refractivity contribution in [3.8, 4) is 11.5 Å². The summed E-state index contributed by atoms with van der Waals surface area (Å²) in [4.78, 5) is 27.8. The molecule has 1 amide bonds. The first kappa shape index (κ1) is 17.6. The van der Waals surface area contributed by atoms with E-state index in [1.54, 1.807) is 12.1 Å². The molecule has 1 aromatic heterocycles. The summed E-state index contributed by atoms with van der Waals surface area (Å²) in [6.07, 6.45) is 6.66. The Morgan fingerprint density at radius 1 is 1.30 bits per heavy atom. The third-order valence-electron chi connectivity index (χ3n) is 2.44. The van der Waals surface area contributed by atoms with Gasteiger partial charge in [-0.2, -0.15) is 0 Å². The number of ether oxygens (including phenoxy) is 1. The molecule has 0 unspecified atom stereocenters. The molecule has 0 aliphatic carbocycles. The number of phenols is 1. The van der Waals surface area contributed by atoms with Crippen LogP contribution in [0.25, 0.3) is 6.08 Å². The Balaban J connectivity index is 0.000000253. The van der Waals surface area contributed by atoms with E-state index in [-0.39, 0.29) is 11.4 Å². The van der Waals surface area contributed by atoms with Gasteiger partial charge in [0.15, 0.2) is 11.5 Å². The number of nitrogens with zero attached hydrogens (tertiary/aromatic N) is 2. The van der Waals surface area contributed by atoms with E-state index in [0.717, 1.165) is 6.08 Å². The van der Waals surface area contributed by atoms with Crippen LogP contribution in [0, 0.1) is 0 Å². The molecular weight excluding hydrogens is 302 g/mol. The van der Waals surface area contributed by atoms with Crippen LogP contribution < -0.4 is 10.5 Å². The number of hydrogen-bond acceptors (Lipinski definition) is 6. The van der Waals surface area contributed by atoms with Gasteiger partial charge in [-0.05, 0) is 23.8 Å². The van der Waals surface area contributed by atoms with E-state index >= 15 is 0 Å². The van der Waals surface area contributed by atoms with Crippen molar-refractivity contribution in [3.63, 3.8) is 0 Å². The summed E-state index contributed by atoms with van der Waals surface area (Å²) < 4.78 is 4.86. The van der Waals surface area contributed by atoms with Gasteiger partial charge in [0.05, 0.1) is 13.3 Å². The quantitative estimate of drug-likeness (QED) is 0.718. The number of carbonyl (C=O) groups is 2. The molecule has 0 aliphatic heterocycles. The fourth-order valence-corrected chi connectivity index (χ4v) is 1.39. The second kappa shape index (κ2) is 8.78. The first-order valence-corrected chi connectivity index (χ1v) is 6.28. The highest BCUT2D eigenvalue weighted by molar-refractivity contribution is 5.90. The minimum Gasteiger partial charge on any atom is -0.504 e. The number of methoxy groups -OCH3 is 1. The smallest absolute Gasteiger partial charge is 0.328 e. The number of benzene rings is 1. The summed E-state index contributed by atoms with van der Waals surface area (Å²) in [6, 6.07) is 4.59. The maximum atomic E-state index is 10.3. The third kappa shape index (κ3) is 6.25. The van der Waals surface area contributed by atoms with Crippen LogP contribution in [0.3, 0.4) is 0 Å². The Hall–Kier alpha value is -3.42. The van der Waals surface area contributed by atoms with E-state index < -0.39 is 11.9 Å². The SMILES string of the molecule is COc1cc(/C=C/C(=O)O)ccc1O.NC(=O)c1cnccn1. The minimum absolute atomic E-state index is 0.0278. The predicted molar refractivity (Wildman–Crippen MR) is 81.9 cm³/mol. The molecule has 0 aliphatic rings. The lowest BCUT2D eigenvalue weighted by Crippen LogP contribution is -2.12. The van der Waals surface area contributed by atoms with Crippen molar-refractivity contribution in [2.24, 2.45) is 5.73 Å². The molecule has 1 aromatic carbocycles. The molecule has 0 fully saturated rings. The maximum Gasteiger partial charge on any atom is 0.328 e. The van der Waals surface area contributed by atoms with E-state index in [0.29, 0.717) is 11.3 Å². The second-order valence-electron chi connectivity index (χ2n) is 4.06. The minimum atomic E-state index is -1.02. The summed E-state index contributed by atoms with van der Waals surface area (Å²) in [7, 11) is 1.43. The van der Waals surface area contributed by atoms with Crippen LogP contribution in [-0.4, -0.2) is 39.2 Å². The first-order chi connectivity index (χ1) is 10.9. The largest absolute Gasteiger partial charge is 0.504 e. The van der Waals surface area contributed by atoms with E-state index in [1.165, 1.54) is 37.8 Å². The van der Waals surface area contributed by atoms with Gasteiger partial charge in [-0.3, -0.25) is 9.78 Å². The van der Waals surface area contributed by atoms with Crippen molar-refractivity contribution in [3.05, 3.63) is 54.1 Å². The van der Waals surface area contributed by atoms with Crippen LogP contribution in [0.4, 0.5) is 0 Å². The van der Waals surface area contributed by atoms with Crippen molar-refractivity contribution in [1.82, 2.24) is 9.97 Å². The van der Waals surface area contributed by atoms with Gasteiger partial charge in [0, 0.05) is 18.5 Å². The molecule has 120 valence electrons. The van der Waals surface area contributed by atoms with Gasteiger partial charge in [-0.25, -0.2) is 9.78 Å². The number of amides is 1.